The number of hydrogen-bond acceptors (Lipinski definition) is 1. The molecule has 92 valence electrons. The van der Waals surface area contributed by atoms with Crippen molar-refractivity contribution in [3.63, 3.8) is 0 Å². The van der Waals surface area contributed by atoms with Crippen LogP contribution in [0, 0.1) is 5.41 Å². The zero-order valence-electron chi connectivity index (χ0n) is 10.9. The Kier molecular flexibility index (Phi) is 4.26. The Morgan fingerprint density at radius 2 is 2.00 bits per heavy atom. The summed E-state index contributed by atoms with van der Waals surface area (Å²) in [6.45, 7) is 12.1. The van der Waals surface area contributed by atoms with Gasteiger partial charge >= 0.3 is 5.91 Å². The van der Waals surface area contributed by atoms with Gasteiger partial charge in [0.05, 0.1) is 6.42 Å². The van der Waals surface area contributed by atoms with E-state index in [1.807, 2.05) is 39.8 Å². The Balaban J connectivity index is 2.91. The molecule has 1 amide bonds. The summed E-state index contributed by atoms with van der Waals surface area (Å²) in [5, 5.41) is 0. The van der Waals surface area contributed by atoms with E-state index in [9.17, 15) is 4.79 Å². The molecule has 0 radical (unpaired) electrons. The topological polar surface area (TPSA) is 31.0 Å². The summed E-state index contributed by atoms with van der Waals surface area (Å²) in [6.07, 6.45) is 4.38. The van der Waals surface area contributed by atoms with E-state index in [1.165, 1.54) is 0 Å². The van der Waals surface area contributed by atoms with Gasteiger partial charge in [0, 0.05) is 15.6 Å². The lowest BCUT2D eigenvalue weighted by molar-refractivity contribution is -0.378. The van der Waals surface area contributed by atoms with Crippen LogP contribution in [0.2, 0.25) is 0 Å². The Bertz CT molecular complexity index is 447. The van der Waals surface area contributed by atoms with Crippen molar-refractivity contribution in [2.24, 2.45) is 5.41 Å². The maximum atomic E-state index is 11.9. The molecule has 0 unspecified atom stereocenters. The summed E-state index contributed by atoms with van der Waals surface area (Å²) in [7, 11) is 0. The Hall–Kier alpha value is -0.960. The van der Waals surface area contributed by atoms with Gasteiger partial charge in [0.2, 0.25) is 5.71 Å². The molecule has 0 bridgehead atoms. The predicted molar refractivity (Wildman–Crippen MR) is 75.0 cm³/mol. The van der Waals surface area contributed by atoms with Crippen LogP contribution in [0.25, 0.3) is 0 Å². The van der Waals surface area contributed by atoms with Gasteiger partial charge in [-0.25, -0.2) is 4.79 Å². The monoisotopic (exact) mass is 296 g/mol. The largest absolute Gasteiger partial charge is 0.386 e. The molecule has 1 aliphatic carbocycles. The van der Waals surface area contributed by atoms with Crippen LogP contribution in [0.1, 0.15) is 34.1 Å². The average molecular weight is 297 g/mol. The van der Waals surface area contributed by atoms with E-state index < -0.39 is 0 Å². The first kappa shape index (κ1) is 14.1. The molecule has 0 aromatic rings. The molecule has 0 aromatic carbocycles. The predicted octanol–water partition coefficient (Wildman–Crippen LogP) is 2.27. The lowest BCUT2D eigenvalue weighted by Crippen LogP contribution is -2.78. The first-order chi connectivity index (χ1) is 7.69. The molecule has 0 heterocycles. The van der Waals surface area contributed by atoms with E-state index in [1.54, 1.807) is 0 Å². The minimum absolute atomic E-state index is 0.00527. The van der Waals surface area contributed by atoms with Gasteiger partial charge in [-0.15, -0.1) is 0 Å². The first-order valence-electron chi connectivity index (χ1n) is 5.61. The normalized spacial score (nSPS) is 19.1. The van der Waals surface area contributed by atoms with Crippen molar-refractivity contribution in [1.29, 1.82) is 0 Å². The number of carbonyl (C=O) groups excluding carboxylic acids is 1. The highest BCUT2D eigenvalue weighted by Gasteiger charge is 2.23. The van der Waals surface area contributed by atoms with Crippen molar-refractivity contribution >= 4 is 27.5 Å². The fourth-order valence-corrected chi connectivity index (χ4v) is 2.28. The van der Waals surface area contributed by atoms with E-state index in [2.05, 4.69) is 27.5 Å². The summed E-state index contributed by atoms with van der Waals surface area (Å²) in [5.74, 6) is 0.0350. The van der Waals surface area contributed by atoms with Crippen LogP contribution in [0.5, 0.6) is 0 Å². The molecule has 0 saturated carbocycles. The number of allylic oxidation sites excluding steroid dienone is 5. The number of nitrogens with one attached hydrogen (secondary N) is 1. The second kappa shape index (κ2) is 5.13. The molecular weight excluding hydrogens is 278 g/mol. The van der Waals surface area contributed by atoms with E-state index in [0.29, 0.717) is 6.42 Å². The molecule has 3 heteroatoms. The molecular formula is C14H19BrNO+. The summed E-state index contributed by atoms with van der Waals surface area (Å²) < 4.78 is 0.980. The van der Waals surface area contributed by atoms with E-state index in [4.69, 9.17) is 0 Å². The fourth-order valence-electron chi connectivity index (χ4n) is 1.66. The van der Waals surface area contributed by atoms with Crippen LogP contribution in [-0.2, 0) is 4.79 Å². The highest BCUT2D eigenvalue weighted by Crippen LogP contribution is 2.20. The number of carbonyl (C=O) groups is 1. The smallest absolute Gasteiger partial charge is 0.220 e. The van der Waals surface area contributed by atoms with Gasteiger partial charge in [-0.2, -0.15) is 4.99 Å². The molecule has 1 aliphatic rings. The molecule has 0 saturated heterocycles. The molecule has 0 spiro atoms. The fraction of sp³-hybridized carbons (Fsp3) is 0.429. The molecule has 1 N–H and O–H groups in total. The summed E-state index contributed by atoms with van der Waals surface area (Å²) in [5.41, 5.74) is 2.67. The van der Waals surface area contributed by atoms with Crippen LogP contribution < -0.4 is 4.99 Å². The van der Waals surface area contributed by atoms with E-state index >= 15 is 0 Å². The third-order valence-corrected chi connectivity index (χ3v) is 2.80. The summed E-state index contributed by atoms with van der Waals surface area (Å²) in [6, 6.07) is 0. The van der Waals surface area contributed by atoms with E-state index in [0.717, 1.165) is 21.3 Å². The maximum Gasteiger partial charge on any atom is 0.386 e. The molecule has 17 heavy (non-hydrogen) atoms. The number of rotatable bonds is 1. The van der Waals surface area contributed by atoms with Gasteiger partial charge in [0.1, 0.15) is 0 Å². The summed E-state index contributed by atoms with van der Waals surface area (Å²) in [4.78, 5) is 14.8. The van der Waals surface area contributed by atoms with Gasteiger partial charge in [-0.05, 0) is 24.5 Å². The number of hydrogen-bond donors (Lipinski definition) is 1. The van der Waals surface area contributed by atoms with Gasteiger partial charge in [0.25, 0.3) is 0 Å². The first-order valence-corrected chi connectivity index (χ1v) is 6.40. The van der Waals surface area contributed by atoms with Crippen LogP contribution in [-0.4, -0.2) is 11.6 Å². The van der Waals surface area contributed by atoms with Crippen molar-refractivity contribution in [2.75, 3.05) is 0 Å². The van der Waals surface area contributed by atoms with Crippen LogP contribution in [0.4, 0.5) is 0 Å². The summed E-state index contributed by atoms with van der Waals surface area (Å²) >= 11 is 3.41. The quantitative estimate of drug-likeness (QED) is 0.791. The van der Waals surface area contributed by atoms with Crippen LogP contribution in [0.15, 0.2) is 34.4 Å². The SMILES string of the molecule is C=C1C=C(Br)C=C(C)C1=[NH+]C(=O)CC(C)(C)C. The lowest BCUT2D eigenvalue weighted by Gasteiger charge is -2.13. The van der Waals surface area contributed by atoms with Crippen molar-refractivity contribution < 1.29 is 9.79 Å². The average Bonchev–Trinajstić information content (AvgIpc) is 2.08. The van der Waals surface area contributed by atoms with Crippen molar-refractivity contribution in [3.05, 3.63) is 34.4 Å². The second-order valence-corrected chi connectivity index (χ2v) is 6.46. The van der Waals surface area contributed by atoms with Crippen molar-refractivity contribution in [3.8, 4) is 0 Å². The molecule has 2 nitrogen and oxygen atoms in total. The van der Waals surface area contributed by atoms with Gasteiger partial charge < -0.3 is 0 Å². The number of amides is 1. The van der Waals surface area contributed by atoms with E-state index in [-0.39, 0.29) is 11.3 Å². The van der Waals surface area contributed by atoms with Crippen molar-refractivity contribution in [1.82, 2.24) is 0 Å². The second-order valence-electron chi connectivity index (χ2n) is 5.54. The van der Waals surface area contributed by atoms with Crippen LogP contribution in [0.3, 0.4) is 0 Å². The minimum atomic E-state index is -0.00527. The highest BCUT2D eigenvalue weighted by molar-refractivity contribution is 9.11. The Labute approximate surface area is 111 Å². The minimum Gasteiger partial charge on any atom is -0.220 e. The molecule has 0 aliphatic heterocycles. The standard InChI is InChI=1S/C14H18BrNO/c1-9-6-11(15)7-10(2)13(9)16-12(17)8-14(3,4)5/h6-7H,1,8H2,2-5H3/p+1. The third kappa shape index (κ3) is 4.43. The number of halogens is 1. The molecule has 1 rings (SSSR count). The van der Waals surface area contributed by atoms with Crippen molar-refractivity contribution in [2.45, 2.75) is 34.1 Å². The van der Waals surface area contributed by atoms with Gasteiger partial charge in [-0.3, -0.25) is 0 Å². The lowest BCUT2D eigenvalue weighted by atomic mass is 9.92. The Morgan fingerprint density at radius 3 is 2.47 bits per heavy atom. The van der Waals surface area contributed by atoms with Gasteiger partial charge in [0.15, 0.2) is 0 Å². The maximum absolute atomic E-state index is 11.9. The zero-order chi connectivity index (χ0) is 13.2. The Morgan fingerprint density at radius 1 is 1.41 bits per heavy atom. The molecule has 0 aromatic heterocycles. The third-order valence-electron chi connectivity index (χ3n) is 2.34. The van der Waals surface area contributed by atoms with Crippen LogP contribution >= 0.6 is 15.9 Å². The highest BCUT2D eigenvalue weighted by atomic mass is 79.9. The zero-order valence-corrected chi connectivity index (χ0v) is 12.4. The van der Waals surface area contributed by atoms with Gasteiger partial charge in [-0.1, -0.05) is 43.3 Å². The molecule has 0 atom stereocenters. The molecule has 0 fully saturated rings.